The predicted molar refractivity (Wildman–Crippen MR) is 75.5 cm³/mol. The number of amides is 1. The van der Waals surface area contributed by atoms with Gasteiger partial charge in [0.15, 0.2) is 0 Å². The molecule has 19 heavy (non-hydrogen) atoms. The second-order valence-electron chi connectivity index (χ2n) is 5.09. The third-order valence-corrected chi connectivity index (χ3v) is 3.56. The maximum atomic E-state index is 13.3. The number of benzene rings is 1. The molecule has 2 unspecified atom stereocenters. The second-order valence-corrected chi connectivity index (χ2v) is 5.09. The minimum Gasteiger partial charge on any atom is -0.334 e. The van der Waals surface area contributed by atoms with Crippen molar-refractivity contribution in [3.8, 4) is 0 Å². The molecule has 1 aromatic rings. The molecular weight excluding hydrogens is 267 g/mol. The molecule has 2 rings (SSSR count). The molecule has 1 heterocycles. The van der Waals surface area contributed by atoms with E-state index in [0.29, 0.717) is 12.5 Å². The van der Waals surface area contributed by atoms with Crippen LogP contribution in [0.5, 0.6) is 0 Å². The van der Waals surface area contributed by atoms with Crippen molar-refractivity contribution < 1.29 is 9.18 Å². The predicted octanol–water partition coefficient (Wildman–Crippen LogP) is 2.50. The molecule has 1 saturated heterocycles. The lowest BCUT2D eigenvalue weighted by Crippen LogP contribution is -2.42. The summed E-state index contributed by atoms with van der Waals surface area (Å²) in [4.78, 5) is 13.8. The molecule has 5 heteroatoms. The Morgan fingerprint density at radius 1 is 1.53 bits per heavy atom. The highest BCUT2D eigenvalue weighted by Crippen LogP contribution is 2.37. The van der Waals surface area contributed by atoms with Gasteiger partial charge in [0, 0.05) is 6.54 Å². The third-order valence-electron chi connectivity index (χ3n) is 3.56. The minimum atomic E-state index is -0.508. The van der Waals surface area contributed by atoms with Crippen molar-refractivity contribution in [3.63, 3.8) is 0 Å². The molecule has 3 nitrogen and oxygen atoms in total. The van der Waals surface area contributed by atoms with Crippen molar-refractivity contribution in [1.29, 1.82) is 0 Å². The van der Waals surface area contributed by atoms with E-state index in [0.717, 1.165) is 12.0 Å². The van der Waals surface area contributed by atoms with Gasteiger partial charge in [-0.05, 0) is 37.0 Å². The Labute approximate surface area is 119 Å². The van der Waals surface area contributed by atoms with Crippen molar-refractivity contribution in [3.05, 3.63) is 35.6 Å². The van der Waals surface area contributed by atoms with Gasteiger partial charge in [0.25, 0.3) is 0 Å². The fourth-order valence-corrected chi connectivity index (χ4v) is 2.65. The Hall–Kier alpha value is -1.13. The van der Waals surface area contributed by atoms with E-state index in [2.05, 4.69) is 6.92 Å². The average Bonchev–Trinajstić information content (AvgIpc) is 2.70. The van der Waals surface area contributed by atoms with E-state index in [9.17, 15) is 9.18 Å². The monoisotopic (exact) mass is 286 g/mol. The largest absolute Gasteiger partial charge is 0.334 e. The van der Waals surface area contributed by atoms with E-state index in [1.165, 1.54) is 12.1 Å². The summed E-state index contributed by atoms with van der Waals surface area (Å²) in [6.07, 6.45) is 0.930. The molecular formula is C14H20ClFN2O. The van der Waals surface area contributed by atoms with Crippen LogP contribution >= 0.6 is 12.4 Å². The first-order valence-corrected chi connectivity index (χ1v) is 6.32. The number of likely N-dealkylation sites (tertiary alicyclic amines) is 1. The van der Waals surface area contributed by atoms with Gasteiger partial charge in [0.1, 0.15) is 5.82 Å². The molecule has 0 spiro atoms. The van der Waals surface area contributed by atoms with Crippen LogP contribution in [0.25, 0.3) is 0 Å². The number of hydrogen-bond donors (Lipinski definition) is 1. The number of nitrogens with two attached hydrogens (primary N) is 1. The van der Waals surface area contributed by atoms with Crippen LogP contribution in [-0.4, -0.2) is 23.4 Å². The minimum absolute atomic E-state index is 0. The summed E-state index contributed by atoms with van der Waals surface area (Å²) in [6, 6.07) is 5.92. The van der Waals surface area contributed by atoms with E-state index in [1.807, 2.05) is 6.07 Å². The van der Waals surface area contributed by atoms with Crippen molar-refractivity contribution in [2.24, 2.45) is 11.7 Å². The summed E-state index contributed by atoms with van der Waals surface area (Å²) in [5.41, 5.74) is 6.52. The molecule has 0 aromatic heterocycles. The maximum absolute atomic E-state index is 13.3. The van der Waals surface area contributed by atoms with Crippen LogP contribution < -0.4 is 5.73 Å². The number of halogens is 2. The molecule has 1 aromatic carbocycles. The quantitative estimate of drug-likeness (QED) is 0.908. The van der Waals surface area contributed by atoms with Gasteiger partial charge >= 0.3 is 0 Å². The SMILES string of the molecule is CC1CCN(C(=O)[C@@H](C)N)C1c1cccc(F)c1.Cl. The Morgan fingerprint density at radius 2 is 2.21 bits per heavy atom. The van der Waals surface area contributed by atoms with Crippen molar-refractivity contribution >= 4 is 18.3 Å². The van der Waals surface area contributed by atoms with Crippen LogP contribution in [0.3, 0.4) is 0 Å². The number of rotatable bonds is 2. The third kappa shape index (κ3) is 3.25. The summed E-state index contributed by atoms with van der Waals surface area (Å²) in [6.45, 7) is 4.47. The van der Waals surface area contributed by atoms with E-state index < -0.39 is 6.04 Å². The van der Waals surface area contributed by atoms with Crippen molar-refractivity contribution in [2.75, 3.05) is 6.54 Å². The van der Waals surface area contributed by atoms with Gasteiger partial charge in [-0.2, -0.15) is 0 Å². The van der Waals surface area contributed by atoms with Crippen LogP contribution in [0, 0.1) is 11.7 Å². The van der Waals surface area contributed by atoms with Gasteiger partial charge in [-0.3, -0.25) is 4.79 Å². The average molecular weight is 287 g/mol. The summed E-state index contributed by atoms with van der Waals surface area (Å²) in [7, 11) is 0. The molecule has 0 aliphatic carbocycles. The first-order valence-electron chi connectivity index (χ1n) is 6.32. The van der Waals surface area contributed by atoms with Crippen LogP contribution in [0.2, 0.25) is 0 Å². The molecule has 0 bridgehead atoms. The van der Waals surface area contributed by atoms with Gasteiger partial charge in [0.05, 0.1) is 12.1 Å². The topological polar surface area (TPSA) is 46.3 Å². The van der Waals surface area contributed by atoms with Gasteiger partial charge in [-0.1, -0.05) is 19.1 Å². The van der Waals surface area contributed by atoms with E-state index in [-0.39, 0.29) is 30.2 Å². The highest BCUT2D eigenvalue weighted by Gasteiger charge is 2.36. The molecule has 1 fully saturated rings. The summed E-state index contributed by atoms with van der Waals surface area (Å²) in [5, 5.41) is 0. The molecule has 2 N–H and O–H groups in total. The lowest BCUT2D eigenvalue weighted by Gasteiger charge is -2.28. The van der Waals surface area contributed by atoms with Gasteiger partial charge in [-0.25, -0.2) is 4.39 Å². The first-order chi connectivity index (χ1) is 8.50. The molecule has 106 valence electrons. The zero-order valence-electron chi connectivity index (χ0n) is 11.2. The Balaban J connectivity index is 0.00000180. The number of hydrogen-bond acceptors (Lipinski definition) is 2. The maximum Gasteiger partial charge on any atom is 0.239 e. The van der Waals surface area contributed by atoms with E-state index in [1.54, 1.807) is 17.9 Å². The molecule has 1 amide bonds. The fraction of sp³-hybridized carbons (Fsp3) is 0.500. The number of carbonyl (C=O) groups excluding carboxylic acids is 1. The fourth-order valence-electron chi connectivity index (χ4n) is 2.65. The summed E-state index contributed by atoms with van der Waals surface area (Å²) < 4.78 is 13.3. The summed E-state index contributed by atoms with van der Waals surface area (Å²) in [5.74, 6) is 0.00269. The Kier molecular flexibility index (Phi) is 5.32. The lowest BCUT2D eigenvalue weighted by molar-refractivity contribution is -0.133. The lowest BCUT2D eigenvalue weighted by atomic mass is 9.95. The van der Waals surface area contributed by atoms with E-state index >= 15 is 0 Å². The Morgan fingerprint density at radius 3 is 2.79 bits per heavy atom. The van der Waals surface area contributed by atoms with Crippen molar-refractivity contribution in [1.82, 2.24) is 4.90 Å². The van der Waals surface area contributed by atoms with Crippen molar-refractivity contribution in [2.45, 2.75) is 32.4 Å². The van der Waals surface area contributed by atoms with Gasteiger partial charge in [-0.15, -0.1) is 12.4 Å². The van der Waals surface area contributed by atoms with Crippen LogP contribution in [0.1, 0.15) is 31.9 Å². The van der Waals surface area contributed by atoms with Crippen LogP contribution in [-0.2, 0) is 4.79 Å². The molecule has 3 atom stereocenters. The standard InChI is InChI=1S/C14H19FN2O.ClH/c1-9-6-7-17(14(18)10(2)16)13(9)11-4-3-5-12(15)8-11;/h3-5,8-10,13H,6-7,16H2,1-2H3;1H/t9?,10-,13?;/m1./s1. The smallest absolute Gasteiger partial charge is 0.239 e. The zero-order valence-corrected chi connectivity index (χ0v) is 12.0. The number of nitrogens with zero attached hydrogens (tertiary/aromatic N) is 1. The Bertz CT molecular complexity index is 453. The first kappa shape index (κ1) is 15.9. The normalized spacial score (nSPS) is 23.9. The van der Waals surface area contributed by atoms with Gasteiger partial charge in [0.2, 0.25) is 5.91 Å². The molecule has 1 aliphatic rings. The second kappa shape index (κ2) is 6.35. The highest BCUT2D eigenvalue weighted by molar-refractivity contribution is 5.85. The van der Waals surface area contributed by atoms with Crippen LogP contribution in [0.15, 0.2) is 24.3 Å². The molecule has 0 radical (unpaired) electrons. The zero-order chi connectivity index (χ0) is 13.3. The number of carbonyl (C=O) groups is 1. The molecule has 1 aliphatic heterocycles. The van der Waals surface area contributed by atoms with Gasteiger partial charge < -0.3 is 10.6 Å². The summed E-state index contributed by atoms with van der Waals surface area (Å²) >= 11 is 0. The highest BCUT2D eigenvalue weighted by atomic mass is 35.5. The van der Waals surface area contributed by atoms with Crippen LogP contribution in [0.4, 0.5) is 4.39 Å². The van der Waals surface area contributed by atoms with E-state index in [4.69, 9.17) is 5.73 Å². The molecule has 0 saturated carbocycles.